The first-order chi connectivity index (χ1) is 11.2. The van der Waals surface area contributed by atoms with Crippen LogP contribution in [-0.2, 0) is 5.75 Å². The lowest BCUT2D eigenvalue weighted by atomic mass is 10.2. The van der Waals surface area contributed by atoms with Crippen LogP contribution in [0.4, 0.5) is 0 Å². The van der Waals surface area contributed by atoms with Crippen LogP contribution in [0.1, 0.15) is 11.3 Å². The van der Waals surface area contributed by atoms with E-state index in [4.69, 9.17) is 4.74 Å². The number of ether oxygens (including phenoxy) is 1. The van der Waals surface area contributed by atoms with Crippen molar-refractivity contribution >= 4 is 23.1 Å². The normalized spacial score (nSPS) is 10.7. The monoisotopic (exact) mass is 344 g/mol. The van der Waals surface area contributed by atoms with Crippen LogP contribution in [0, 0.1) is 6.92 Å². The van der Waals surface area contributed by atoms with E-state index in [9.17, 15) is 5.11 Å². The lowest BCUT2D eigenvalue weighted by molar-refractivity contribution is 0.373. The third-order valence-corrected chi connectivity index (χ3v) is 5.15. The van der Waals surface area contributed by atoms with Gasteiger partial charge in [0.15, 0.2) is 11.5 Å². The topological polar surface area (TPSA) is 55.2 Å². The second-order valence-electron chi connectivity index (χ2n) is 4.99. The van der Waals surface area contributed by atoms with Gasteiger partial charge in [-0.15, -0.1) is 23.1 Å². The van der Waals surface area contributed by atoms with Crippen molar-refractivity contribution in [2.75, 3.05) is 7.11 Å². The molecule has 1 aromatic carbocycles. The average Bonchev–Trinajstić information content (AvgIpc) is 3.04. The molecule has 6 heteroatoms. The number of hydrogen-bond donors (Lipinski definition) is 1. The summed E-state index contributed by atoms with van der Waals surface area (Å²) >= 11 is 3.25. The minimum Gasteiger partial charge on any atom is -0.504 e. The maximum atomic E-state index is 9.66. The highest BCUT2D eigenvalue weighted by atomic mass is 32.2. The number of thioether (sulfide) groups is 1. The van der Waals surface area contributed by atoms with E-state index in [0.29, 0.717) is 5.75 Å². The summed E-state index contributed by atoms with van der Waals surface area (Å²) in [6.07, 6.45) is 1.87. The van der Waals surface area contributed by atoms with E-state index < -0.39 is 0 Å². The van der Waals surface area contributed by atoms with Crippen LogP contribution in [0.2, 0.25) is 0 Å². The first-order valence-electron chi connectivity index (χ1n) is 7.03. The Morgan fingerprint density at radius 2 is 2.13 bits per heavy atom. The highest BCUT2D eigenvalue weighted by Gasteiger charge is 2.09. The van der Waals surface area contributed by atoms with Gasteiger partial charge in [-0.25, -0.2) is 9.97 Å². The Labute approximate surface area is 143 Å². The van der Waals surface area contributed by atoms with Crippen molar-refractivity contribution in [2.24, 2.45) is 0 Å². The van der Waals surface area contributed by atoms with Crippen molar-refractivity contribution in [3.8, 4) is 22.1 Å². The van der Waals surface area contributed by atoms with Crippen LogP contribution in [0.5, 0.6) is 11.5 Å². The second kappa shape index (κ2) is 7.02. The van der Waals surface area contributed by atoms with Gasteiger partial charge in [-0.1, -0.05) is 6.07 Å². The number of hydrogen-bond acceptors (Lipinski definition) is 6. The van der Waals surface area contributed by atoms with Crippen LogP contribution in [0.25, 0.3) is 10.6 Å². The summed E-state index contributed by atoms with van der Waals surface area (Å²) in [5.41, 5.74) is 3.12. The quantitative estimate of drug-likeness (QED) is 0.690. The molecule has 1 N–H and O–H groups in total. The number of phenols is 1. The van der Waals surface area contributed by atoms with E-state index in [0.717, 1.165) is 32.6 Å². The van der Waals surface area contributed by atoms with Gasteiger partial charge in [-0.05, 0) is 36.8 Å². The molecule has 0 bridgehead atoms. The molecule has 0 saturated heterocycles. The minimum atomic E-state index is 0.133. The Balaban J connectivity index is 1.71. The van der Waals surface area contributed by atoms with E-state index in [1.165, 1.54) is 7.11 Å². The molecule has 3 rings (SSSR count). The standard InChI is InChI=1S/C17H16N2O2S2/c1-11-3-6-16(18-8-11)22-9-13-10-23-17(19-13)12-4-5-14(20)15(7-12)21-2/h3-8,10,20H,9H2,1-2H3. The molecule has 23 heavy (non-hydrogen) atoms. The summed E-state index contributed by atoms with van der Waals surface area (Å²) in [7, 11) is 1.54. The molecule has 2 aromatic heterocycles. The van der Waals surface area contributed by atoms with E-state index in [2.05, 4.69) is 21.4 Å². The third-order valence-electron chi connectivity index (χ3n) is 3.23. The Hall–Kier alpha value is -2.05. The number of aromatic nitrogens is 2. The van der Waals surface area contributed by atoms with Crippen molar-refractivity contribution in [1.29, 1.82) is 0 Å². The predicted molar refractivity (Wildman–Crippen MR) is 94.3 cm³/mol. The van der Waals surface area contributed by atoms with Gasteiger partial charge in [-0.3, -0.25) is 0 Å². The first-order valence-corrected chi connectivity index (χ1v) is 8.89. The number of phenolic OH excluding ortho intramolecular Hbond substituents is 1. The third kappa shape index (κ3) is 3.83. The first kappa shape index (κ1) is 15.8. The Bertz CT molecular complexity index is 801. The molecular weight excluding hydrogens is 328 g/mol. The average molecular weight is 344 g/mol. The van der Waals surface area contributed by atoms with Crippen LogP contribution >= 0.6 is 23.1 Å². The zero-order chi connectivity index (χ0) is 16.2. The Morgan fingerprint density at radius 1 is 1.26 bits per heavy atom. The number of pyridine rings is 1. The van der Waals surface area contributed by atoms with Crippen LogP contribution in [0.15, 0.2) is 46.9 Å². The highest BCUT2D eigenvalue weighted by molar-refractivity contribution is 7.98. The van der Waals surface area contributed by atoms with Gasteiger partial charge in [0.25, 0.3) is 0 Å². The molecule has 0 aliphatic rings. The van der Waals surface area contributed by atoms with Crippen LogP contribution in [-0.4, -0.2) is 22.2 Å². The van der Waals surface area contributed by atoms with Gasteiger partial charge >= 0.3 is 0 Å². The number of thiazole rings is 1. The summed E-state index contributed by atoms with van der Waals surface area (Å²) < 4.78 is 5.14. The van der Waals surface area contributed by atoms with E-state index >= 15 is 0 Å². The lowest BCUT2D eigenvalue weighted by Crippen LogP contribution is -1.86. The molecule has 0 saturated carbocycles. The van der Waals surface area contributed by atoms with Gasteiger partial charge in [0, 0.05) is 22.9 Å². The van der Waals surface area contributed by atoms with Crippen molar-refractivity contribution < 1.29 is 9.84 Å². The molecule has 0 fully saturated rings. The summed E-state index contributed by atoms with van der Waals surface area (Å²) in [5, 5.41) is 13.6. The van der Waals surface area contributed by atoms with Crippen molar-refractivity contribution in [3.63, 3.8) is 0 Å². The van der Waals surface area contributed by atoms with Crippen LogP contribution in [0.3, 0.4) is 0 Å². The largest absolute Gasteiger partial charge is 0.504 e. The molecule has 118 valence electrons. The fraction of sp³-hybridized carbons (Fsp3) is 0.176. The SMILES string of the molecule is COc1cc(-c2nc(CSc3ccc(C)cn3)cs2)ccc1O. The van der Waals surface area contributed by atoms with Gasteiger partial charge in [0.1, 0.15) is 5.01 Å². The zero-order valence-electron chi connectivity index (χ0n) is 12.8. The smallest absolute Gasteiger partial charge is 0.161 e. The van der Waals surface area contributed by atoms with Gasteiger partial charge in [0.2, 0.25) is 0 Å². The fourth-order valence-corrected chi connectivity index (χ4v) is 3.66. The van der Waals surface area contributed by atoms with E-state index in [-0.39, 0.29) is 5.75 Å². The second-order valence-corrected chi connectivity index (χ2v) is 6.85. The number of nitrogens with zero attached hydrogens (tertiary/aromatic N) is 2. The summed E-state index contributed by atoms with van der Waals surface area (Å²) in [6, 6.07) is 9.35. The molecule has 0 aliphatic carbocycles. The van der Waals surface area contributed by atoms with Gasteiger partial charge < -0.3 is 9.84 Å². The number of aryl methyl sites for hydroxylation is 1. The van der Waals surface area contributed by atoms with Crippen molar-refractivity contribution in [2.45, 2.75) is 17.7 Å². The van der Waals surface area contributed by atoms with Crippen LogP contribution < -0.4 is 4.74 Å². The molecule has 0 spiro atoms. The van der Waals surface area contributed by atoms with Gasteiger partial charge in [0.05, 0.1) is 17.8 Å². The van der Waals surface area contributed by atoms with Crippen molar-refractivity contribution in [1.82, 2.24) is 9.97 Å². The molecule has 3 aromatic rings. The number of benzene rings is 1. The summed E-state index contributed by atoms with van der Waals surface area (Å²) in [6.45, 7) is 2.03. The summed E-state index contributed by atoms with van der Waals surface area (Å²) in [4.78, 5) is 9.04. The number of aromatic hydroxyl groups is 1. The maximum Gasteiger partial charge on any atom is 0.161 e. The molecule has 0 aliphatic heterocycles. The molecule has 0 radical (unpaired) electrons. The van der Waals surface area contributed by atoms with E-state index in [1.807, 2.05) is 25.3 Å². The summed E-state index contributed by atoms with van der Waals surface area (Å²) in [5.74, 6) is 1.37. The van der Waals surface area contributed by atoms with E-state index in [1.54, 1.807) is 35.2 Å². The fourth-order valence-electron chi connectivity index (χ4n) is 2.00. The zero-order valence-corrected chi connectivity index (χ0v) is 14.4. The molecule has 0 unspecified atom stereocenters. The molecular formula is C17H16N2O2S2. The highest BCUT2D eigenvalue weighted by Crippen LogP contribution is 2.33. The Kier molecular flexibility index (Phi) is 4.83. The van der Waals surface area contributed by atoms with Gasteiger partial charge in [-0.2, -0.15) is 0 Å². The molecule has 0 amide bonds. The lowest BCUT2D eigenvalue weighted by Gasteiger charge is -2.04. The number of rotatable bonds is 5. The van der Waals surface area contributed by atoms with Crippen molar-refractivity contribution in [3.05, 3.63) is 53.2 Å². The molecule has 0 atom stereocenters. The minimum absolute atomic E-state index is 0.133. The molecule has 2 heterocycles. The number of methoxy groups -OCH3 is 1. The Morgan fingerprint density at radius 3 is 2.87 bits per heavy atom. The molecule has 4 nitrogen and oxygen atoms in total. The maximum absolute atomic E-state index is 9.66. The predicted octanol–water partition coefficient (Wildman–Crippen LogP) is 4.52.